The monoisotopic (exact) mass is 374 g/mol. The Morgan fingerprint density at radius 1 is 1.15 bits per heavy atom. The lowest BCUT2D eigenvalue weighted by molar-refractivity contribution is -0.155. The van der Waals surface area contributed by atoms with Gasteiger partial charge >= 0.3 is 11.9 Å². The zero-order valence-electron chi connectivity index (χ0n) is 16.3. The maximum Gasteiger partial charge on any atom is 0.307 e. The van der Waals surface area contributed by atoms with Crippen LogP contribution in [-0.2, 0) is 19.1 Å². The van der Waals surface area contributed by atoms with Crippen LogP contribution in [-0.4, -0.2) is 29.4 Å². The number of esters is 1. The van der Waals surface area contributed by atoms with Gasteiger partial charge in [-0.15, -0.1) is 0 Å². The molecule has 6 atom stereocenters. The van der Waals surface area contributed by atoms with Crippen LogP contribution in [0.4, 0.5) is 0 Å². The van der Waals surface area contributed by atoms with Gasteiger partial charge in [0.1, 0.15) is 6.61 Å². The number of ether oxygens (including phenoxy) is 1. The van der Waals surface area contributed by atoms with E-state index in [1.54, 1.807) is 0 Å². The Hall–Kier alpha value is -1.65. The first kappa shape index (κ1) is 18.7. The number of carbonyl (C=O) groups excluding carboxylic acids is 2. The van der Waals surface area contributed by atoms with Crippen LogP contribution in [0.2, 0.25) is 0 Å². The summed E-state index contributed by atoms with van der Waals surface area (Å²) < 4.78 is 5.54. The highest BCUT2D eigenvalue weighted by atomic mass is 16.5. The number of carbonyl (C=O) groups is 3. The van der Waals surface area contributed by atoms with Crippen molar-refractivity contribution >= 4 is 17.7 Å². The van der Waals surface area contributed by atoms with Crippen molar-refractivity contribution in [3.63, 3.8) is 0 Å². The number of carboxylic acid groups (broad SMARTS) is 1. The van der Waals surface area contributed by atoms with Crippen molar-refractivity contribution in [1.29, 1.82) is 0 Å². The highest BCUT2D eigenvalue weighted by Crippen LogP contribution is 2.66. The highest BCUT2D eigenvalue weighted by Gasteiger charge is 2.61. The molecule has 5 nitrogen and oxygen atoms in total. The van der Waals surface area contributed by atoms with Crippen molar-refractivity contribution in [3.8, 4) is 0 Å². The number of fused-ring (bicyclic) bond motifs is 5. The quantitative estimate of drug-likeness (QED) is 0.761. The first-order valence-electron chi connectivity index (χ1n) is 10.4. The van der Waals surface area contributed by atoms with Gasteiger partial charge in [0.15, 0.2) is 5.78 Å². The Kier molecular flexibility index (Phi) is 4.47. The number of ketones is 1. The third-order valence-corrected chi connectivity index (χ3v) is 8.52. The number of hydrogen-bond donors (Lipinski definition) is 1. The third-order valence-electron chi connectivity index (χ3n) is 8.52. The summed E-state index contributed by atoms with van der Waals surface area (Å²) in [5, 5.41) is 9.72. The first-order chi connectivity index (χ1) is 12.8. The second kappa shape index (κ2) is 6.46. The Bertz CT molecular complexity index is 709. The van der Waals surface area contributed by atoms with Crippen LogP contribution in [0.5, 0.6) is 0 Å². The summed E-state index contributed by atoms with van der Waals surface area (Å²) in [7, 11) is 0. The second-order valence-corrected chi connectivity index (χ2v) is 9.50. The van der Waals surface area contributed by atoms with Gasteiger partial charge < -0.3 is 9.84 Å². The molecule has 4 aliphatic carbocycles. The van der Waals surface area contributed by atoms with Crippen molar-refractivity contribution in [3.05, 3.63) is 11.6 Å². The summed E-state index contributed by atoms with van der Waals surface area (Å²) in [4.78, 5) is 35.4. The summed E-state index contributed by atoms with van der Waals surface area (Å²) in [6.07, 6.45) is 8.65. The first-order valence-corrected chi connectivity index (χ1v) is 10.4. The lowest BCUT2D eigenvalue weighted by Gasteiger charge is -2.58. The van der Waals surface area contributed by atoms with E-state index in [-0.39, 0.29) is 28.5 Å². The molecule has 4 aliphatic rings. The van der Waals surface area contributed by atoms with Gasteiger partial charge in [0.25, 0.3) is 0 Å². The predicted molar refractivity (Wildman–Crippen MR) is 98.8 cm³/mol. The maximum absolute atomic E-state index is 12.1. The molecule has 0 bridgehead atoms. The fourth-order valence-electron chi connectivity index (χ4n) is 7.27. The molecule has 0 unspecified atom stereocenters. The van der Waals surface area contributed by atoms with Crippen LogP contribution < -0.4 is 0 Å². The van der Waals surface area contributed by atoms with Gasteiger partial charge in [0.05, 0.1) is 5.92 Å². The molecule has 1 N–H and O–H groups in total. The van der Waals surface area contributed by atoms with E-state index in [9.17, 15) is 19.5 Å². The van der Waals surface area contributed by atoms with Crippen molar-refractivity contribution in [2.75, 3.05) is 6.61 Å². The minimum atomic E-state index is -0.646. The molecule has 4 rings (SSSR count). The molecule has 3 fully saturated rings. The van der Waals surface area contributed by atoms with Crippen molar-refractivity contribution < 1.29 is 24.2 Å². The van der Waals surface area contributed by atoms with Crippen LogP contribution in [0.1, 0.15) is 65.2 Å². The van der Waals surface area contributed by atoms with E-state index in [0.29, 0.717) is 30.8 Å². The molecule has 5 heteroatoms. The molecule has 0 spiro atoms. The van der Waals surface area contributed by atoms with E-state index in [1.807, 2.05) is 6.08 Å². The lowest BCUT2D eigenvalue weighted by atomic mass is 9.46. The molecule has 0 aromatic heterocycles. The minimum Gasteiger partial charge on any atom is -0.481 e. The van der Waals surface area contributed by atoms with Gasteiger partial charge in [-0.2, -0.15) is 0 Å². The van der Waals surface area contributed by atoms with Gasteiger partial charge in [-0.1, -0.05) is 12.5 Å². The molecule has 148 valence electrons. The van der Waals surface area contributed by atoms with E-state index < -0.39 is 5.97 Å². The number of carboxylic acids is 1. The molecule has 0 aromatic rings. The SMILES string of the molecule is CC(=O)OC[C@@]12CCC(=O)C=C1CC[C@H]1[C@H]2CC[C@]2(C)[C@@H]1CC[C@H]2C(=O)O. The topological polar surface area (TPSA) is 80.7 Å². The van der Waals surface area contributed by atoms with E-state index in [0.717, 1.165) is 44.9 Å². The molecule has 0 amide bonds. The van der Waals surface area contributed by atoms with Crippen molar-refractivity contribution in [2.24, 2.45) is 34.5 Å². The molecular weight excluding hydrogens is 344 g/mol. The van der Waals surface area contributed by atoms with Crippen LogP contribution in [0, 0.1) is 34.5 Å². The van der Waals surface area contributed by atoms with Gasteiger partial charge in [-0.25, -0.2) is 0 Å². The van der Waals surface area contributed by atoms with Crippen LogP contribution in [0.25, 0.3) is 0 Å². The molecule has 0 aliphatic heterocycles. The number of hydrogen-bond acceptors (Lipinski definition) is 4. The number of aliphatic carboxylic acids is 1. The average Bonchev–Trinajstić information content (AvgIpc) is 2.97. The van der Waals surface area contributed by atoms with E-state index in [4.69, 9.17) is 4.74 Å². The fraction of sp³-hybridized carbons (Fsp3) is 0.773. The van der Waals surface area contributed by atoms with Gasteiger partial charge in [-0.3, -0.25) is 14.4 Å². The normalized spacial score (nSPS) is 43.2. The summed E-state index contributed by atoms with van der Waals surface area (Å²) in [5.74, 6) is 0.311. The molecule has 0 saturated heterocycles. The Morgan fingerprint density at radius 2 is 1.93 bits per heavy atom. The largest absolute Gasteiger partial charge is 0.481 e. The van der Waals surface area contributed by atoms with Gasteiger partial charge in [-0.05, 0) is 74.2 Å². The van der Waals surface area contributed by atoms with Crippen molar-refractivity contribution in [1.82, 2.24) is 0 Å². The summed E-state index contributed by atoms with van der Waals surface area (Å²) in [6.45, 7) is 4.00. The second-order valence-electron chi connectivity index (χ2n) is 9.50. The smallest absolute Gasteiger partial charge is 0.307 e. The van der Waals surface area contributed by atoms with E-state index >= 15 is 0 Å². The maximum atomic E-state index is 12.1. The van der Waals surface area contributed by atoms with Gasteiger partial charge in [0, 0.05) is 18.8 Å². The molecule has 27 heavy (non-hydrogen) atoms. The summed E-state index contributed by atoms with van der Waals surface area (Å²) >= 11 is 0. The summed E-state index contributed by atoms with van der Waals surface area (Å²) in [6, 6.07) is 0. The van der Waals surface area contributed by atoms with Crippen LogP contribution in [0.3, 0.4) is 0 Å². The number of rotatable bonds is 3. The standard InChI is InChI=1S/C22H30O5/c1-13(23)27-12-22-10-7-15(24)11-14(22)3-4-16-17-5-6-19(20(25)26)21(17,2)9-8-18(16)22/h11,16-19H,3-10,12H2,1-2H3,(H,25,26)/t16-,17-,18-,19+,21-,22+/m1/s1. The average molecular weight is 374 g/mol. The van der Waals surface area contributed by atoms with Crippen LogP contribution in [0.15, 0.2) is 11.6 Å². The Balaban J connectivity index is 1.68. The fourth-order valence-corrected chi connectivity index (χ4v) is 7.27. The zero-order valence-corrected chi connectivity index (χ0v) is 16.3. The minimum absolute atomic E-state index is 0.124. The lowest BCUT2D eigenvalue weighted by Crippen LogP contribution is -2.53. The van der Waals surface area contributed by atoms with E-state index in [2.05, 4.69) is 6.92 Å². The molecule has 0 heterocycles. The van der Waals surface area contributed by atoms with Crippen LogP contribution >= 0.6 is 0 Å². The Labute approximate surface area is 160 Å². The highest BCUT2D eigenvalue weighted by molar-refractivity contribution is 5.91. The molecule has 0 radical (unpaired) electrons. The Morgan fingerprint density at radius 3 is 2.63 bits per heavy atom. The summed E-state index contributed by atoms with van der Waals surface area (Å²) in [5.41, 5.74) is 0.838. The zero-order chi connectivity index (χ0) is 19.4. The molecule has 0 aromatic carbocycles. The van der Waals surface area contributed by atoms with E-state index in [1.165, 1.54) is 12.5 Å². The molecular formula is C22H30O5. The van der Waals surface area contributed by atoms with Gasteiger partial charge in [0.2, 0.25) is 0 Å². The van der Waals surface area contributed by atoms with Crippen molar-refractivity contribution in [2.45, 2.75) is 65.2 Å². The third kappa shape index (κ3) is 2.76. The predicted octanol–water partition coefficient (Wildman–Crippen LogP) is 3.76. The molecule has 3 saturated carbocycles.